The van der Waals surface area contributed by atoms with Crippen LogP contribution in [0.1, 0.15) is 10.4 Å². The lowest BCUT2D eigenvalue weighted by Gasteiger charge is -2.08. The Morgan fingerprint density at radius 1 is 1.60 bits per heavy atom. The van der Waals surface area contributed by atoms with Crippen molar-refractivity contribution in [3.05, 3.63) is 29.6 Å². The first-order valence-corrected chi connectivity index (χ1v) is 5.80. The number of anilines is 1. The molecule has 0 amide bonds. The molecule has 0 aliphatic carbocycles. The minimum absolute atomic E-state index is 0.0314. The van der Waals surface area contributed by atoms with E-state index in [0.717, 1.165) is 11.8 Å². The molecule has 1 aromatic rings. The topological polar surface area (TPSA) is 49.3 Å². The van der Waals surface area contributed by atoms with Gasteiger partial charge in [0.1, 0.15) is 5.82 Å². The van der Waals surface area contributed by atoms with Crippen molar-refractivity contribution in [3.8, 4) is 0 Å². The molecule has 5 heteroatoms. The normalized spacial score (nSPS) is 10.0. The van der Waals surface area contributed by atoms with E-state index in [-0.39, 0.29) is 5.56 Å². The molecule has 0 aliphatic heterocycles. The molecule has 0 atom stereocenters. The van der Waals surface area contributed by atoms with Gasteiger partial charge in [0.25, 0.3) is 0 Å². The van der Waals surface area contributed by atoms with Crippen molar-refractivity contribution in [3.63, 3.8) is 0 Å². The van der Waals surface area contributed by atoms with Gasteiger partial charge in [0.15, 0.2) is 0 Å². The van der Waals surface area contributed by atoms with Gasteiger partial charge in [0.2, 0.25) is 0 Å². The third-order valence-electron chi connectivity index (χ3n) is 1.83. The number of halogens is 1. The predicted molar refractivity (Wildman–Crippen MR) is 60.2 cm³/mol. The molecule has 2 N–H and O–H groups in total. The van der Waals surface area contributed by atoms with E-state index in [2.05, 4.69) is 5.32 Å². The lowest BCUT2D eigenvalue weighted by Crippen LogP contribution is -2.09. The van der Waals surface area contributed by atoms with Crippen LogP contribution in [0.4, 0.5) is 10.1 Å². The Labute approximate surface area is 91.7 Å². The SMILES string of the molecule is CSCCNc1ccc(F)cc1C(=O)O. The molecule has 82 valence electrons. The Balaban J connectivity index is 2.81. The standard InChI is InChI=1S/C10H12FNO2S/c1-15-5-4-12-9-3-2-7(11)6-8(9)10(13)14/h2-3,6,12H,4-5H2,1H3,(H,13,14). The molecule has 1 rings (SSSR count). The largest absolute Gasteiger partial charge is 0.478 e. The van der Waals surface area contributed by atoms with Gasteiger partial charge in [0, 0.05) is 18.0 Å². The molecule has 1 aromatic carbocycles. The highest BCUT2D eigenvalue weighted by molar-refractivity contribution is 7.98. The van der Waals surface area contributed by atoms with Gasteiger partial charge in [-0.05, 0) is 24.5 Å². The maximum absolute atomic E-state index is 12.8. The van der Waals surface area contributed by atoms with Gasteiger partial charge < -0.3 is 10.4 Å². The van der Waals surface area contributed by atoms with E-state index in [9.17, 15) is 9.18 Å². The first-order chi connectivity index (χ1) is 7.15. The Kier molecular flexibility index (Phi) is 4.42. The fourth-order valence-electron chi connectivity index (χ4n) is 1.14. The number of carbonyl (C=O) groups is 1. The number of hydrogen-bond acceptors (Lipinski definition) is 3. The Morgan fingerprint density at radius 2 is 2.33 bits per heavy atom. The molecule has 0 saturated carbocycles. The quantitative estimate of drug-likeness (QED) is 0.761. The van der Waals surface area contributed by atoms with Crippen molar-refractivity contribution < 1.29 is 14.3 Å². The molecule has 15 heavy (non-hydrogen) atoms. The summed E-state index contributed by atoms with van der Waals surface area (Å²) < 4.78 is 12.8. The van der Waals surface area contributed by atoms with Crippen LogP contribution in [-0.2, 0) is 0 Å². The smallest absolute Gasteiger partial charge is 0.337 e. The maximum atomic E-state index is 12.8. The fourth-order valence-corrected chi connectivity index (χ4v) is 1.44. The van der Waals surface area contributed by atoms with Crippen LogP contribution in [-0.4, -0.2) is 29.6 Å². The monoisotopic (exact) mass is 229 g/mol. The molecule has 0 spiro atoms. The van der Waals surface area contributed by atoms with Crippen molar-refractivity contribution in [2.75, 3.05) is 23.9 Å². The van der Waals surface area contributed by atoms with Crippen molar-refractivity contribution in [2.45, 2.75) is 0 Å². The second-order valence-corrected chi connectivity index (χ2v) is 3.90. The van der Waals surface area contributed by atoms with Crippen LogP contribution in [0.15, 0.2) is 18.2 Å². The minimum atomic E-state index is -1.12. The second-order valence-electron chi connectivity index (χ2n) is 2.91. The van der Waals surface area contributed by atoms with E-state index in [0.29, 0.717) is 12.2 Å². The van der Waals surface area contributed by atoms with E-state index < -0.39 is 11.8 Å². The Hall–Kier alpha value is -1.23. The van der Waals surface area contributed by atoms with Crippen LogP contribution in [0, 0.1) is 5.82 Å². The summed E-state index contributed by atoms with van der Waals surface area (Å²) in [4.78, 5) is 10.8. The van der Waals surface area contributed by atoms with Crippen molar-refractivity contribution in [1.82, 2.24) is 0 Å². The van der Waals surface area contributed by atoms with Crippen molar-refractivity contribution >= 4 is 23.4 Å². The van der Waals surface area contributed by atoms with Crippen LogP contribution in [0.5, 0.6) is 0 Å². The summed E-state index contributed by atoms with van der Waals surface area (Å²) in [5.74, 6) is -0.792. The van der Waals surface area contributed by atoms with E-state index in [1.165, 1.54) is 12.1 Å². The zero-order valence-corrected chi connectivity index (χ0v) is 9.10. The zero-order valence-electron chi connectivity index (χ0n) is 8.29. The second kappa shape index (κ2) is 5.60. The van der Waals surface area contributed by atoms with Crippen LogP contribution < -0.4 is 5.32 Å². The van der Waals surface area contributed by atoms with Gasteiger partial charge in [-0.3, -0.25) is 0 Å². The van der Waals surface area contributed by atoms with Crippen LogP contribution in [0.25, 0.3) is 0 Å². The lowest BCUT2D eigenvalue weighted by atomic mass is 10.1. The summed E-state index contributed by atoms with van der Waals surface area (Å²) in [6.45, 7) is 0.660. The number of hydrogen-bond donors (Lipinski definition) is 2. The molecule has 0 aliphatic rings. The summed E-state index contributed by atoms with van der Waals surface area (Å²) in [5, 5.41) is 11.8. The molecule has 0 radical (unpaired) electrons. The highest BCUT2D eigenvalue weighted by Gasteiger charge is 2.10. The number of thioether (sulfide) groups is 1. The molecule has 0 fully saturated rings. The summed E-state index contributed by atoms with van der Waals surface area (Å²) in [6.07, 6.45) is 1.96. The van der Waals surface area contributed by atoms with Gasteiger partial charge >= 0.3 is 5.97 Å². The van der Waals surface area contributed by atoms with Gasteiger partial charge in [-0.25, -0.2) is 9.18 Å². The van der Waals surface area contributed by atoms with Gasteiger partial charge in [-0.1, -0.05) is 0 Å². The number of rotatable bonds is 5. The molecule has 0 heterocycles. The molecule has 0 saturated heterocycles. The number of aromatic carboxylic acids is 1. The van der Waals surface area contributed by atoms with E-state index >= 15 is 0 Å². The molecule has 0 unspecified atom stereocenters. The number of carboxylic acids is 1. The Morgan fingerprint density at radius 3 is 2.93 bits per heavy atom. The van der Waals surface area contributed by atoms with E-state index in [1.54, 1.807) is 11.8 Å². The zero-order chi connectivity index (χ0) is 11.3. The highest BCUT2D eigenvalue weighted by Crippen LogP contribution is 2.16. The van der Waals surface area contributed by atoms with Crippen LogP contribution in [0.2, 0.25) is 0 Å². The maximum Gasteiger partial charge on any atom is 0.337 e. The van der Waals surface area contributed by atoms with Crippen molar-refractivity contribution in [1.29, 1.82) is 0 Å². The molecule has 3 nitrogen and oxygen atoms in total. The molecular formula is C10H12FNO2S. The number of carboxylic acid groups (broad SMARTS) is 1. The lowest BCUT2D eigenvalue weighted by molar-refractivity contribution is 0.0697. The van der Waals surface area contributed by atoms with Gasteiger partial charge in [-0.2, -0.15) is 11.8 Å². The summed E-state index contributed by atoms with van der Waals surface area (Å²) >= 11 is 1.65. The van der Waals surface area contributed by atoms with E-state index in [1.807, 2.05) is 6.26 Å². The third kappa shape index (κ3) is 3.43. The molecule has 0 aromatic heterocycles. The first kappa shape index (κ1) is 11.8. The summed E-state index contributed by atoms with van der Waals surface area (Å²) in [5.41, 5.74) is 0.425. The fraction of sp³-hybridized carbons (Fsp3) is 0.300. The predicted octanol–water partition coefficient (Wildman–Crippen LogP) is 2.30. The summed E-state index contributed by atoms with van der Waals surface area (Å²) in [6, 6.07) is 3.71. The average Bonchev–Trinajstić information content (AvgIpc) is 2.20. The first-order valence-electron chi connectivity index (χ1n) is 4.41. The molecular weight excluding hydrogens is 217 g/mol. The number of nitrogens with one attached hydrogen (secondary N) is 1. The van der Waals surface area contributed by atoms with E-state index in [4.69, 9.17) is 5.11 Å². The van der Waals surface area contributed by atoms with Gasteiger partial charge in [0.05, 0.1) is 5.56 Å². The minimum Gasteiger partial charge on any atom is -0.478 e. The third-order valence-corrected chi connectivity index (χ3v) is 2.45. The van der Waals surface area contributed by atoms with Crippen LogP contribution >= 0.6 is 11.8 Å². The summed E-state index contributed by atoms with van der Waals surface area (Å²) in [7, 11) is 0. The Bertz CT molecular complexity index is 357. The molecule has 0 bridgehead atoms. The average molecular weight is 229 g/mol. The van der Waals surface area contributed by atoms with Crippen LogP contribution in [0.3, 0.4) is 0 Å². The number of benzene rings is 1. The van der Waals surface area contributed by atoms with Gasteiger partial charge in [-0.15, -0.1) is 0 Å². The highest BCUT2D eigenvalue weighted by atomic mass is 32.2. The van der Waals surface area contributed by atoms with Crippen molar-refractivity contribution in [2.24, 2.45) is 0 Å².